The second-order valence-corrected chi connectivity index (χ2v) is 8.40. The first-order valence-corrected chi connectivity index (χ1v) is 11.3. The maximum atomic E-state index is 13.3. The first kappa shape index (κ1) is 23.8. The van der Waals surface area contributed by atoms with Gasteiger partial charge >= 0.3 is 0 Å². The minimum Gasteiger partial charge on any atom is -0.507 e. The molecule has 2 heterocycles. The molecule has 1 amide bonds. The summed E-state index contributed by atoms with van der Waals surface area (Å²) in [5, 5.41) is 11.2. The first-order valence-electron chi connectivity index (χ1n) is 11.3. The molecule has 2 aromatic carbocycles. The summed E-state index contributed by atoms with van der Waals surface area (Å²) < 4.78 is 16.5. The van der Waals surface area contributed by atoms with Gasteiger partial charge in [0.2, 0.25) is 0 Å². The fourth-order valence-electron chi connectivity index (χ4n) is 4.50. The number of benzene rings is 2. The topological polar surface area (TPSA) is 88.5 Å². The molecule has 8 nitrogen and oxygen atoms in total. The van der Waals surface area contributed by atoms with Gasteiger partial charge in [-0.1, -0.05) is 42.0 Å². The lowest BCUT2D eigenvalue weighted by atomic mass is 9.94. The number of likely N-dealkylation sites (tertiary alicyclic amines) is 1. The Morgan fingerprint density at radius 2 is 1.74 bits per heavy atom. The molecule has 2 saturated heterocycles. The summed E-state index contributed by atoms with van der Waals surface area (Å²) in [5.74, 6) is -0.661. The number of carbonyl (C=O) groups excluding carboxylic acids is 2. The van der Waals surface area contributed by atoms with Gasteiger partial charge in [0, 0.05) is 37.3 Å². The molecule has 0 aromatic heterocycles. The van der Waals surface area contributed by atoms with E-state index in [1.165, 1.54) is 19.1 Å². The van der Waals surface area contributed by atoms with E-state index in [-0.39, 0.29) is 11.3 Å². The van der Waals surface area contributed by atoms with Crippen molar-refractivity contribution >= 4 is 17.4 Å². The molecular weight excluding hydrogens is 436 g/mol. The number of carbonyl (C=O) groups is 2. The third-order valence-electron chi connectivity index (χ3n) is 6.35. The summed E-state index contributed by atoms with van der Waals surface area (Å²) in [6.07, 6.45) is 0. The van der Waals surface area contributed by atoms with Crippen molar-refractivity contribution in [2.24, 2.45) is 0 Å². The molecule has 2 aromatic rings. The molecule has 0 saturated carbocycles. The largest absolute Gasteiger partial charge is 0.507 e. The molecule has 0 bridgehead atoms. The van der Waals surface area contributed by atoms with E-state index in [0.29, 0.717) is 48.9 Å². The van der Waals surface area contributed by atoms with Crippen molar-refractivity contribution in [2.75, 3.05) is 53.6 Å². The van der Waals surface area contributed by atoms with Gasteiger partial charge in [0.1, 0.15) is 5.76 Å². The number of methoxy groups -OCH3 is 2. The molecule has 2 aliphatic rings. The lowest BCUT2D eigenvalue weighted by molar-refractivity contribution is -0.140. The summed E-state index contributed by atoms with van der Waals surface area (Å²) in [5.41, 5.74) is 2.12. The van der Waals surface area contributed by atoms with Crippen LogP contribution in [0.4, 0.5) is 0 Å². The van der Waals surface area contributed by atoms with Gasteiger partial charge in [0.05, 0.1) is 39.0 Å². The van der Waals surface area contributed by atoms with Crippen LogP contribution in [0, 0.1) is 6.92 Å². The number of para-hydroxylation sites is 1. The van der Waals surface area contributed by atoms with Crippen LogP contribution in [0.15, 0.2) is 48.0 Å². The quantitative estimate of drug-likeness (QED) is 0.381. The van der Waals surface area contributed by atoms with Gasteiger partial charge in [-0.15, -0.1) is 0 Å². The van der Waals surface area contributed by atoms with Gasteiger partial charge in [0.15, 0.2) is 11.5 Å². The number of aliphatic hydroxyl groups is 1. The summed E-state index contributed by atoms with van der Waals surface area (Å²) >= 11 is 0. The Labute approximate surface area is 199 Å². The van der Waals surface area contributed by atoms with E-state index in [0.717, 1.165) is 18.7 Å². The normalized spacial score (nSPS) is 20.6. The Kier molecular flexibility index (Phi) is 7.19. The zero-order valence-corrected chi connectivity index (χ0v) is 19.7. The Bertz CT molecular complexity index is 1090. The minimum atomic E-state index is -0.813. The highest BCUT2D eigenvalue weighted by Crippen LogP contribution is 2.45. The van der Waals surface area contributed by atoms with Crippen LogP contribution >= 0.6 is 0 Å². The fourth-order valence-corrected chi connectivity index (χ4v) is 4.50. The summed E-state index contributed by atoms with van der Waals surface area (Å²) in [6.45, 7) is 5.65. The van der Waals surface area contributed by atoms with Crippen molar-refractivity contribution in [1.82, 2.24) is 9.80 Å². The Balaban J connectivity index is 1.81. The van der Waals surface area contributed by atoms with Crippen LogP contribution in [0.5, 0.6) is 11.5 Å². The Hall–Kier alpha value is -3.36. The van der Waals surface area contributed by atoms with Crippen LogP contribution in [0.3, 0.4) is 0 Å². The summed E-state index contributed by atoms with van der Waals surface area (Å²) in [4.78, 5) is 30.2. The van der Waals surface area contributed by atoms with E-state index in [1.54, 1.807) is 30.3 Å². The van der Waals surface area contributed by atoms with Crippen LogP contribution in [-0.4, -0.2) is 80.2 Å². The van der Waals surface area contributed by atoms with Crippen molar-refractivity contribution < 1.29 is 28.9 Å². The molecule has 0 radical (unpaired) electrons. The van der Waals surface area contributed by atoms with E-state index in [4.69, 9.17) is 14.2 Å². The second-order valence-electron chi connectivity index (χ2n) is 8.40. The predicted molar refractivity (Wildman–Crippen MR) is 127 cm³/mol. The van der Waals surface area contributed by atoms with Crippen molar-refractivity contribution in [3.05, 3.63) is 64.7 Å². The van der Waals surface area contributed by atoms with E-state index in [1.807, 2.05) is 19.1 Å². The standard InChI is InChI=1S/C26H30N2O6/c1-17-7-9-18(10-8-17)23(29)21-22(19-5-4-6-20(32-2)25(19)33-3)28(26(31)24(21)30)12-11-27-13-15-34-16-14-27/h4-10,22,29H,11-16H2,1-3H3/b23-21+. The SMILES string of the molecule is COc1cccc(C2/C(=C(\O)c3ccc(C)cc3)C(=O)C(=O)N2CCN2CCOCC2)c1OC. The van der Waals surface area contributed by atoms with Crippen LogP contribution in [0.25, 0.3) is 5.76 Å². The lowest BCUT2D eigenvalue weighted by Crippen LogP contribution is -2.42. The van der Waals surface area contributed by atoms with Crippen LogP contribution in [0.1, 0.15) is 22.7 Å². The predicted octanol–water partition coefficient (Wildman–Crippen LogP) is 2.77. The number of hydrogen-bond donors (Lipinski definition) is 1. The van der Waals surface area contributed by atoms with E-state index < -0.39 is 17.7 Å². The van der Waals surface area contributed by atoms with Gasteiger partial charge in [-0.25, -0.2) is 0 Å². The Morgan fingerprint density at radius 3 is 2.38 bits per heavy atom. The monoisotopic (exact) mass is 466 g/mol. The van der Waals surface area contributed by atoms with Crippen molar-refractivity contribution in [3.63, 3.8) is 0 Å². The second kappa shape index (κ2) is 10.3. The van der Waals surface area contributed by atoms with Crippen molar-refractivity contribution in [3.8, 4) is 11.5 Å². The number of hydrogen-bond acceptors (Lipinski definition) is 7. The highest BCUT2D eigenvalue weighted by Gasteiger charge is 2.47. The number of aliphatic hydroxyl groups excluding tert-OH is 1. The number of aryl methyl sites for hydroxylation is 1. The smallest absolute Gasteiger partial charge is 0.295 e. The summed E-state index contributed by atoms with van der Waals surface area (Å²) in [6, 6.07) is 11.7. The number of ether oxygens (including phenoxy) is 3. The zero-order chi connectivity index (χ0) is 24.2. The minimum absolute atomic E-state index is 0.0439. The van der Waals surface area contributed by atoms with E-state index in [2.05, 4.69) is 4.90 Å². The number of amides is 1. The fraction of sp³-hybridized carbons (Fsp3) is 0.385. The van der Waals surface area contributed by atoms with Gasteiger partial charge in [-0.05, 0) is 13.0 Å². The van der Waals surface area contributed by atoms with Crippen LogP contribution < -0.4 is 9.47 Å². The molecule has 34 heavy (non-hydrogen) atoms. The molecule has 0 spiro atoms. The highest BCUT2D eigenvalue weighted by molar-refractivity contribution is 6.46. The number of rotatable bonds is 7. The maximum Gasteiger partial charge on any atom is 0.295 e. The zero-order valence-electron chi connectivity index (χ0n) is 19.7. The van der Waals surface area contributed by atoms with E-state index >= 15 is 0 Å². The molecular formula is C26H30N2O6. The molecule has 2 fully saturated rings. The van der Waals surface area contributed by atoms with Crippen LogP contribution in [0.2, 0.25) is 0 Å². The average Bonchev–Trinajstić information content (AvgIpc) is 3.12. The van der Waals surface area contributed by atoms with Gasteiger partial charge in [0.25, 0.3) is 11.7 Å². The molecule has 0 aliphatic carbocycles. The summed E-state index contributed by atoms with van der Waals surface area (Å²) in [7, 11) is 3.05. The number of morpholine rings is 1. The average molecular weight is 467 g/mol. The molecule has 4 rings (SSSR count). The van der Waals surface area contributed by atoms with Gasteiger partial charge in [-0.3, -0.25) is 14.5 Å². The van der Waals surface area contributed by atoms with Crippen molar-refractivity contribution in [1.29, 1.82) is 0 Å². The maximum absolute atomic E-state index is 13.3. The Morgan fingerprint density at radius 1 is 1.03 bits per heavy atom. The first-order chi connectivity index (χ1) is 16.5. The highest BCUT2D eigenvalue weighted by atomic mass is 16.5. The van der Waals surface area contributed by atoms with E-state index in [9.17, 15) is 14.7 Å². The molecule has 2 aliphatic heterocycles. The third-order valence-corrected chi connectivity index (χ3v) is 6.35. The van der Waals surface area contributed by atoms with Crippen molar-refractivity contribution in [2.45, 2.75) is 13.0 Å². The number of Topliss-reactive ketones (excluding diaryl/α,β-unsaturated/α-hetero) is 1. The third kappa shape index (κ3) is 4.51. The van der Waals surface area contributed by atoms with Gasteiger partial charge in [-0.2, -0.15) is 0 Å². The molecule has 1 unspecified atom stereocenters. The lowest BCUT2D eigenvalue weighted by Gasteiger charge is -2.31. The molecule has 1 N–H and O–H groups in total. The molecule has 8 heteroatoms. The molecule has 180 valence electrons. The van der Waals surface area contributed by atoms with Crippen LogP contribution in [-0.2, 0) is 14.3 Å². The van der Waals surface area contributed by atoms with Gasteiger partial charge < -0.3 is 24.2 Å². The molecule has 1 atom stereocenters. The number of nitrogens with zero attached hydrogens (tertiary/aromatic N) is 2. The number of ketones is 1.